The van der Waals surface area contributed by atoms with Crippen molar-refractivity contribution in [1.29, 1.82) is 0 Å². The van der Waals surface area contributed by atoms with Gasteiger partial charge in [-0.1, -0.05) is 0 Å². The molecular weight excluding hydrogens is 230 g/mol. The van der Waals surface area contributed by atoms with Gasteiger partial charge in [0.25, 0.3) is 0 Å². The molecule has 2 N–H and O–H groups in total. The van der Waals surface area contributed by atoms with Crippen LogP contribution >= 0.6 is 15.9 Å². The van der Waals surface area contributed by atoms with Gasteiger partial charge in [-0.3, -0.25) is 0 Å². The van der Waals surface area contributed by atoms with Gasteiger partial charge in [-0.2, -0.15) is 0 Å². The molecule has 70 valence electrons. The fourth-order valence-electron chi connectivity index (χ4n) is 1.53. The summed E-state index contributed by atoms with van der Waals surface area (Å²) in [5, 5.41) is 2.34. The van der Waals surface area contributed by atoms with E-state index < -0.39 is 0 Å². The van der Waals surface area contributed by atoms with Crippen molar-refractivity contribution in [2.24, 2.45) is 0 Å². The van der Waals surface area contributed by atoms with Gasteiger partial charge in [0, 0.05) is 10.7 Å². The van der Waals surface area contributed by atoms with Gasteiger partial charge in [-0.05, 0) is 28.1 Å². The van der Waals surface area contributed by atoms with E-state index in [0.29, 0.717) is 0 Å². The Morgan fingerprint density at radius 1 is 1.31 bits per heavy atom. The maximum atomic E-state index is 4.37. The summed E-state index contributed by atoms with van der Waals surface area (Å²) in [7, 11) is 0. The average molecular weight is 243 g/mol. The Kier molecular flexibility index (Phi) is 2.80. The van der Waals surface area contributed by atoms with Crippen LogP contribution in [-0.2, 0) is 0 Å². The number of nitrogens with two attached hydrogens (primary N) is 1. The van der Waals surface area contributed by atoms with Gasteiger partial charge in [0.15, 0.2) is 0 Å². The molecule has 0 atom stereocenters. The smallest absolute Gasteiger partial charge is 0.128 e. The van der Waals surface area contributed by atoms with Gasteiger partial charge < -0.3 is 10.2 Å². The second-order valence-corrected chi connectivity index (χ2v) is 4.10. The van der Waals surface area contributed by atoms with E-state index in [9.17, 15) is 0 Å². The first-order valence-corrected chi connectivity index (χ1v) is 5.34. The number of aromatic nitrogens is 1. The summed E-state index contributed by atoms with van der Waals surface area (Å²) in [6, 6.07) is 4.11. The molecule has 1 aromatic heterocycles. The minimum atomic E-state index is 1.04. The molecule has 4 heteroatoms. The van der Waals surface area contributed by atoms with Crippen molar-refractivity contribution in [3.63, 3.8) is 0 Å². The van der Waals surface area contributed by atoms with E-state index in [1.807, 2.05) is 12.3 Å². The van der Waals surface area contributed by atoms with Crippen LogP contribution in [0.5, 0.6) is 0 Å². The summed E-state index contributed by atoms with van der Waals surface area (Å²) >= 11 is 3.38. The van der Waals surface area contributed by atoms with E-state index in [2.05, 4.69) is 37.2 Å². The SMILES string of the molecule is Brc1ccc(N2CC[NH2+]CC2)nc1. The Labute approximate surface area is 86.3 Å². The van der Waals surface area contributed by atoms with Gasteiger partial charge in [0.2, 0.25) is 0 Å². The molecule has 0 spiro atoms. The van der Waals surface area contributed by atoms with E-state index in [4.69, 9.17) is 0 Å². The number of nitrogens with zero attached hydrogens (tertiary/aromatic N) is 2. The van der Waals surface area contributed by atoms with Crippen molar-refractivity contribution < 1.29 is 5.32 Å². The number of anilines is 1. The molecule has 2 heterocycles. The molecular formula is C9H13BrN3+. The van der Waals surface area contributed by atoms with Crippen LogP contribution in [0.3, 0.4) is 0 Å². The van der Waals surface area contributed by atoms with Crippen LogP contribution in [-0.4, -0.2) is 31.2 Å². The lowest BCUT2D eigenvalue weighted by Gasteiger charge is -2.26. The number of hydrogen-bond acceptors (Lipinski definition) is 2. The van der Waals surface area contributed by atoms with Gasteiger partial charge in [0.05, 0.1) is 26.2 Å². The molecule has 0 bridgehead atoms. The fraction of sp³-hybridized carbons (Fsp3) is 0.444. The standard InChI is InChI=1S/C9H12BrN3/c10-8-1-2-9(12-7-8)13-5-3-11-4-6-13/h1-2,7,11H,3-6H2/p+1. The lowest BCUT2D eigenvalue weighted by Crippen LogP contribution is -2.89. The summed E-state index contributed by atoms with van der Waals surface area (Å²) < 4.78 is 1.04. The van der Waals surface area contributed by atoms with Crippen molar-refractivity contribution in [2.75, 3.05) is 31.1 Å². The second-order valence-electron chi connectivity index (χ2n) is 3.19. The minimum Gasteiger partial charge on any atom is -0.345 e. The van der Waals surface area contributed by atoms with Crippen LogP contribution < -0.4 is 10.2 Å². The number of halogens is 1. The number of quaternary nitrogens is 1. The normalized spacial score (nSPS) is 17.5. The Balaban J connectivity index is 2.10. The lowest BCUT2D eigenvalue weighted by atomic mass is 10.3. The first-order valence-electron chi connectivity index (χ1n) is 4.54. The highest BCUT2D eigenvalue weighted by Crippen LogP contribution is 2.14. The molecule has 0 saturated carbocycles. The van der Waals surface area contributed by atoms with E-state index in [-0.39, 0.29) is 0 Å². The summed E-state index contributed by atoms with van der Waals surface area (Å²) in [6.07, 6.45) is 1.85. The molecule has 13 heavy (non-hydrogen) atoms. The maximum Gasteiger partial charge on any atom is 0.128 e. The molecule has 0 aromatic carbocycles. The van der Waals surface area contributed by atoms with Gasteiger partial charge >= 0.3 is 0 Å². The summed E-state index contributed by atoms with van der Waals surface area (Å²) in [6.45, 7) is 4.57. The Bertz CT molecular complexity index is 267. The Morgan fingerprint density at radius 2 is 2.08 bits per heavy atom. The van der Waals surface area contributed by atoms with Crippen molar-refractivity contribution in [2.45, 2.75) is 0 Å². The molecule has 0 aliphatic carbocycles. The molecule has 3 nitrogen and oxygen atoms in total. The second kappa shape index (κ2) is 4.07. The largest absolute Gasteiger partial charge is 0.345 e. The number of rotatable bonds is 1. The van der Waals surface area contributed by atoms with Crippen LogP contribution in [0.4, 0.5) is 5.82 Å². The third kappa shape index (κ3) is 2.19. The number of pyridine rings is 1. The molecule has 0 unspecified atom stereocenters. The quantitative estimate of drug-likeness (QED) is 0.765. The van der Waals surface area contributed by atoms with Gasteiger partial charge in [-0.15, -0.1) is 0 Å². The van der Waals surface area contributed by atoms with E-state index >= 15 is 0 Å². The topological polar surface area (TPSA) is 32.7 Å². The zero-order chi connectivity index (χ0) is 9.10. The van der Waals surface area contributed by atoms with Crippen LogP contribution in [0.1, 0.15) is 0 Å². The highest BCUT2D eigenvalue weighted by atomic mass is 79.9. The zero-order valence-corrected chi connectivity index (χ0v) is 9.00. The highest BCUT2D eigenvalue weighted by Gasteiger charge is 2.12. The molecule has 0 radical (unpaired) electrons. The zero-order valence-electron chi connectivity index (χ0n) is 7.41. The average Bonchev–Trinajstić information content (AvgIpc) is 2.20. The molecule has 2 rings (SSSR count). The van der Waals surface area contributed by atoms with Gasteiger partial charge in [-0.25, -0.2) is 4.98 Å². The first-order chi connectivity index (χ1) is 6.36. The molecule has 1 aromatic rings. The van der Waals surface area contributed by atoms with Crippen molar-refractivity contribution in [3.8, 4) is 0 Å². The monoisotopic (exact) mass is 242 g/mol. The number of hydrogen-bond donors (Lipinski definition) is 1. The maximum absolute atomic E-state index is 4.37. The molecule has 0 amide bonds. The van der Waals surface area contributed by atoms with Gasteiger partial charge in [0.1, 0.15) is 5.82 Å². The Morgan fingerprint density at radius 3 is 2.69 bits per heavy atom. The number of piperazine rings is 1. The highest BCUT2D eigenvalue weighted by molar-refractivity contribution is 9.10. The van der Waals surface area contributed by atoms with E-state index in [0.717, 1.165) is 23.4 Å². The predicted octanol–water partition coefficient (Wildman–Crippen LogP) is 0.227. The minimum absolute atomic E-state index is 1.04. The predicted molar refractivity (Wildman–Crippen MR) is 55.8 cm³/mol. The fourth-order valence-corrected chi connectivity index (χ4v) is 1.77. The molecule has 1 aliphatic heterocycles. The van der Waals surface area contributed by atoms with Crippen LogP contribution in [0.2, 0.25) is 0 Å². The lowest BCUT2D eigenvalue weighted by molar-refractivity contribution is -0.655. The Hall–Kier alpha value is -0.610. The van der Waals surface area contributed by atoms with E-state index in [1.165, 1.54) is 13.1 Å². The first kappa shape index (κ1) is 8.97. The van der Waals surface area contributed by atoms with Crippen LogP contribution in [0.15, 0.2) is 22.8 Å². The van der Waals surface area contributed by atoms with Crippen molar-refractivity contribution >= 4 is 21.7 Å². The summed E-state index contributed by atoms with van der Waals surface area (Å²) in [4.78, 5) is 6.69. The van der Waals surface area contributed by atoms with E-state index in [1.54, 1.807) is 0 Å². The van der Waals surface area contributed by atoms with Crippen LogP contribution in [0, 0.1) is 0 Å². The van der Waals surface area contributed by atoms with Crippen LogP contribution in [0.25, 0.3) is 0 Å². The third-order valence-electron chi connectivity index (χ3n) is 2.24. The molecule has 1 aliphatic rings. The molecule has 1 saturated heterocycles. The molecule has 1 fully saturated rings. The third-order valence-corrected chi connectivity index (χ3v) is 2.71. The van der Waals surface area contributed by atoms with Crippen molar-refractivity contribution in [3.05, 3.63) is 22.8 Å². The summed E-state index contributed by atoms with van der Waals surface area (Å²) in [5.41, 5.74) is 0. The van der Waals surface area contributed by atoms with Crippen molar-refractivity contribution in [1.82, 2.24) is 4.98 Å². The summed E-state index contributed by atoms with van der Waals surface area (Å²) in [5.74, 6) is 1.09.